The molecule has 0 saturated heterocycles. The highest BCUT2D eigenvalue weighted by Gasteiger charge is 2.38. The first-order valence-corrected chi connectivity index (χ1v) is 6.95. The fourth-order valence-electron chi connectivity index (χ4n) is 2.27. The van der Waals surface area contributed by atoms with E-state index in [-0.39, 0.29) is 6.54 Å². The third kappa shape index (κ3) is 2.31. The topological polar surface area (TPSA) is 76.3 Å². The molecular formula is C14H12ClN3O3. The van der Waals surface area contributed by atoms with Crippen molar-refractivity contribution >= 4 is 29.0 Å². The van der Waals surface area contributed by atoms with E-state index in [1.807, 2.05) is 6.92 Å². The van der Waals surface area contributed by atoms with Gasteiger partial charge in [-0.2, -0.15) is 4.98 Å². The highest BCUT2D eigenvalue weighted by atomic mass is 35.5. The summed E-state index contributed by atoms with van der Waals surface area (Å²) in [6, 6.07) is 4.86. The van der Waals surface area contributed by atoms with Gasteiger partial charge in [0.25, 0.3) is 11.7 Å². The van der Waals surface area contributed by atoms with Gasteiger partial charge < -0.3 is 4.52 Å². The van der Waals surface area contributed by atoms with E-state index in [4.69, 9.17) is 16.1 Å². The number of aryl methyl sites for hydroxylation is 1. The van der Waals surface area contributed by atoms with E-state index in [2.05, 4.69) is 10.1 Å². The van der Waals surface area contributed by atoms with Gasteiger partial charge in [-0.3, -0.25) is 14.5 Å². The van der Waals surface area contributed by atoms with Crippen LogP contribution in [0.4, 0.5) is 5.69 Å². The van der Waals surface area contributed by atoms with E-state index in [0.29, 0.717) is 34.4 Å². The molecule has 0 bridgehead atoms. The number of Topliss-reactive ketones (excluding diaryl/α,β-unsaturated/α-hetero) is 1. The zero-order chi connectivity index (χ0) is 15.0. The first-order valence-electron chi connectivity index (χ1n) is 6.58. The Bertz CT molecular complexity index is 726. The number of carbonyl (C=O) groups is 2. The Morgan fingerprint density at radius 1 is 1.33 bits per heavy atom. The van der Waals surface area contributed by atoms with E-state index in [1.54, 1.807) is 18.2 Å². The third-order valence-electron chi connectivity index (χ3n) is 3.21. The second-order valence-electron chi connectivity index (χ2n) is 4.71. The lowest BCUT2D eigenvalue weighted by Gasteiger charge is -2.15. The van der Waals surface area contributed by atoms with Gasteiger partial charge in [0.05, 0.1) is 22.8 Å². The number of ketones is 1. The maximum absolute atomic E-state index is 12.1. The molecule has 0 spiro atoms. The number of para-hydroxylation sites is 1. The SMILES string of the molecule is CCCc1nc(CN2C(=O)C(=O)c3cccc(Cl)c32)no1. The number of hydrogen-bond acceptors (Lipinski definition) is 5. The Labute approximate surface area is 125 Å². The van der Waals surface area contributed by atoms with Crippen molar-refractivity contribution < 1.29 is 14.1 Å². The molecule has 0 saturated carbocycles. The minimum atomic E-state index is -0.625. The molecule has 0 aliphatic carbocycles. The van der Waals surface area contributed by atoms with Crippen LogP contribution in [0.5, 0.6) is 0 Å². The van der Waals surface area contributed by atoms with Gasteiger partial charge in [0.15, 0.2) is 5.82 Å². The van der Waals surface area contributed by atoms with Crippen molar-refractivity contribution in [3.63, 3.8) is 0 Å². The molecule has 0 atom stereocenters. The van der Waals surface area contributed by atoms with Gasteiger partial charge in [0, 0.05) is 6.42 Å². The van der Waals surface area contributed by atoms with Crippen LogP contribution in [0.3, 0.4) is 0 Å². The van der Waals surface area contributed by atoms with Crippen LogP contribution < -0.4 is 4.90 Å². The number of aromatic nitrogens is 2. The largest absolute Gasteiger partial charge is 0.339 e. The molecule has 1 amide bonds. The van der Waals surface area contributed by atoms with Gasteiger partial charge in [-0.15, -0.1) is 0 Å². The quantitative estimate of drug-likeness (QED) is 0.811. The fraction of sp³-hybridized carbons (Fsp3) is 0.286. The van der Waals surface area contributed by atoms with Gasteiger partial charge in [-0.1, -0.05) is 29.7 Å². The zero-order valence-electron chi connectivity index (χ0n) is 11.3. The first kappa shape index (κ1) is 13.8. The van der Waals surface area contributed by atoms with Crippen molar-refractivity contribution in [2.45, 2.75) is 26.3 Å². The van der Waals surface area contributed by atoms with E-state index >= 15 is 0 Å². The van der Waals surface area contributed by atoms with E-state index in [9.17, 15) is 9.59 Å². The van der Waals surface area contributed by atoms with Gasteiger partial charge in [0.2, 0.25) is 5.89 Å². The Hall–Kier alpha value is -2.21. The second kappa shape index (κ2) is 5.29. The van der Waals surface area contributed by atoms with Crippen molar-refractivity contribution in [1.82, 2.24) is 10.1 Å². The second-order valence-corrected chi connectivity index (χ2v) is 5.12. The zero-order valence-corrected chi connectivity index (χ0v) is 12.1. The average molecular weight is 306 g/mol. The summed E-state index contributed by atoms with van der Waals surface area (Å²) in [5, 5.41) is 4.18. The summed E-state index contributed by atoms with van der Waals surface area (Å²) in [5.41, 5.74) is 0.723. The van der Waals surface area contributed by atoms with Gasteiger partial charge in [-0.05, 0) is 18.6 Å². The molecule has 1 aromatic heterocycles. The lowest BCUT2D eigenvalue weighted by Crippen LogP contribution is -2.29. The number of hydrogen-bond donors (Lipinski definition) is 0. The molecule has 7 heteroatoms. The Morgan fingerprint density at radius 3 is 2.90 bits per heavy atom. The highest BCUT2D eigenvalue weighted by molar-refractivity contribution is 6.54. The molecule has 1 aromatic carbocycles. The predicted octanol–water partition coefficient (Wildman–Crippen LogP) is 2.41. The Kier molecular flexibility index (Phi) is 3.47. The van der Waals surface area contributed by atoms with Crippen molar-refractivity contribution in [3.05, 3.63) is 40.5 Å². The monoisotopic (exact) mass is 305 g/mol. The van der Waals surface area contributed by atoms with Crippen LogP contribution in [0.25, 0.3) is 0 Å². The van der Waals surface area contributed by atoms with Crippen LogP contribution in [0.1, 0.15) is 35.4 Å². The molecule has 0 radical (unpaired) electrons. The number of anilines is 1. The molecule has 1 aliphatic heterocycles. The number of benzene rings is 1. The predicted molar refractivity (Wildman–Crippen MR) is 75.3 cm³/mol. The van der Waals surface area contributed by atoms with E-state index in [1.165, 1.54) is 4.90 Å². The molecule has 2 aromatic rings. The molecule has 0 fully saturated rings. The summed E-state index contributed by atoms with van der Waals surface area (Å²) in [4.78, 5) is 29.5. The summed E-state index contributed by atoms with van der Waals surface area (Å²) in [6.07, 6.45) is 1.56. The highest BCUT2D eigenvalue weighted by Crippen LogP contribution is 2.36. The van der Waals surface area contributed by atoms with Crippen LogP contribution in [0, 0.1) is 0 Å². The summed E-state index contributed by atoms with van der Waals surface area (Å²) in [7, 11) is 0. The molecule has 0 unspecified atom stereocenters. The smallest absolute Gasteiger partial charge is 0.299 e. The third-order valence-corrected chi connectivity index (χ3v) is 3.52. The molecule has 0 N–H and O–H groups in total. The Morgan fingerprint density at radius 2 is 2.14 bits per heavy atom. The van der Waals surface area contributed by atoms with E-state index in [0.717, 1.165) is 6.42 Å². The molecule has 3 rings (SSSR count). The fourth-order valence-corrected chi connectivity index (χ4v) is 2.55. The maximum atomic E-state index is 12.1. The maximum Gasteiger partial charge on any atom is 0.299 e. The molecular weight excluding hydrogens is 294 g/mol. The summed E-state index contributed by atoms with van der Waals surface area (Å²) >= 11 is 6.11. The lowest BCUT2D eigenvalue weighted by molar-refractivity contribution is -0.114. The van der Waals surface area contributed by atoms with Crippen LogP contribution in [-0.2, 0) is 17.8 Å². The normalized spacial score (nSPS) is 13.9. The number of fused-ring (bicyclic) bond motifs is 1. The summed E-state index contributed by atoms with van der Waals surface area (Å²) in [5.74, 6) is -0.318. The minimum absolute atomic E-state index is 0.0640. The molecule has 108 valence electrons. The number of rotatable bonds is 4. The van der Waals surface area contributed by atoms with Gasteiger partial charge >= 0.3 is 0 Å². The number of nitrogens with zero attached hydrogens (tertiary/aromatic N) is 3. The van der Waals surface area contributed by atoms with Crippen LogP contribution in [0.2, 0.25) is 5.02 Å². The van der Waals surface area contributed by atoms with Crippen molar-refractivity contribution in [1.29, 1.82) is 0 Å². The first-order chi connectivity index (χ1) is 10.1. The van der Waals surface area contributed by atoms with Crippen LogP contribution >= 0.6 is 11.6 Å². The van der Waals surface area contributed by atoms with Gasteiger partial charge in [0.1, 0.15) is 0 Å². The molecule has 2 heterocycles. The van der Waals surface area contributed by atoms with Gasteiger partial charge in [-0.25, -0.2) is 0 Å². The minimum Gasteiger partial charge on any atom is -0.339 e. The summed E-state index contributed by atoms with van der Waals surface area (Å²) < 4.78 is 5.08. The van der Waals surface area contributed by atoms with Crippen molar-refractivity contribution in [2.24, 2.45) is 0 Å². The number of carbonyl (C=O) groups excluding carboxylic acids is 2. The lowest BCUT2D eigenvalue weighted by atomic mass is 10.1. The Balaban J connectivity index is 1.92. The van der Waals surface area contributed by atoms with Crippen molar-refractivity contribution in [3.8, 4) is 0 Å². The number of amides is 1. The standard InChI is InChI=1S/C14H12ClN3O3/c1-2-4-11-16-10(17-21-11)7-18-12-8(13(19)14(18)20)5-3-6-9(12)15/h3,5-6H,2,4,7H2,1H3. The molecule has 21 heavy (non-hydrogen) atoms. The van der Waals surface area contributed by atoms with Crippen LogP contribution in [-0.4, -0.2) is 21.8 Å². The van der Waals surface area contributed by atoms with Crippen LogP contribution in [0.15, 0.2) is 22.7 Å². The molecule has 1 aliphatic rings. The summed E-state index contributed by atoms with van der Waals surface area (Å²) in [6.45, 7) is 2.07. The molecule has 6 nitrogen and oxygen atoms in total. The number of halogens is 1. The average Bonchev–Trinajstić information content (AvgIpc) is 3.00. The van der Waals surface area contributed by atoms with Crippen molar-refractivity contribution in [2.75, 3.05) is 4.90 Å². The van der Waals surface area contributed by atoms with E-state index < -0.39 is 11.7 Å².